The standard InChI is InChI=1S/C27H24ClN3O4S/c1-2-33-22-7-8-23-18(12-22)11-19(26(32)30-23)15-31(27(36)29-21-5-3-4-20(28)13-21)14-17-6-9-24-25(10-17)35-16-34-24/h3-13H,2,14-16H2,1H3,(H,29,36)(H,30,32). The lowest BCUT2D eigenvalue weighted by Crippen LogP contribution is -2.35. The summed E-state index contributed by atoms with van der Waals surface area (Å²) in [7, 11) is 0. The van der Waals surface area contributed by atoms with Gasteiger partial charge in [0.15, 0.2) is 16.6 Å². The van der Waals surface area contributed by atoms with Crippen molar-refractivity contribution in [1.82, 2.24) is 9.88 Å². The Bertz CT molecular complexity index is 1490. The normalized spacial score (nSPS) is 11.9. The van der Waals surface area contributed by atoms with E-state index in [0.29, 0.717) is 40.3 Å². The summed E-state index contributed by atoms with van der Waals surface area (Å²) >= 11 is 11.9. The van der Waals surface area contributed by atoms with Gasteiger partial charge in [-0.2, -0.15) is 0 Å². The maximum atomic E-state index is 13.0. The Morgan fingerprint density at radius 2 is 1.94 bits per heavy atom. The summed E-state index contributed by atoms with van der Waals surface area (Å²) in [4.78, 5) is 17.9. The number of pyridine rings is 1. The Morgan fingerprint density at radius 3 is 2.78 bits per heavy atom. The summed E-state index contributed by atoms with van der Waals surface area (Å²) in [5.74, 6) is 2.15. The minimum absolute atomic E-state index is 0.173. The average molecular weight is 522 g/mol. The quantitative estimate of drug-likeness (QED) is 0.302. The van der Waals surface area contributed by atoms with Crippen LogP contribution >= 0.6 is 23.8 Å². The van der Waals surface area contributed by atoms with Crippen molar-refractivity contribution >= 4 is 45.5 Å². The first-order valence-electron chi connectivity index (χ1n) is 11.5. The fourth-order valence-electron chi connectivity index (χ4n) is 4.04. The van der Waals surface area contributed by atoms with Gasteiger partial charge in [-0.3, -0.25) is 4.79 Å². The number of H-pyrrole nitrogens is 1. The molecule has 36 heavy (non-hydrogen) atoms. The van der Waals surface area contributed by atoms with Gasteiger partial charge in [0.1, 0.15) is 5.75 Å². The second-order valence-corrected chi connectivity index (χ2v) is 9.11. The molecule has 184 valence electrons. The molecule has 0 amide bonds. The van der Waals surface area contributed by atoms with Crippen LogP contribution in [0.4, 0.5) is 5.69 Å². The largest absolute Gasteiger partial charge is 0.494 e. The number of nitrogens with one attached hydrogen (secondary N) is 2. The monoisotopic (exact) mass is 521 g/mol. The number of aromatic amines is 1. The summed E-state index contributed by atoms with van der Waals surface area (Å²) in [5.41, 5.74) is 2.87. The molecule has 0 aliphatic carbocycles. The first-order valence-corrected chi connectivity index (χ1v) is 12.3. The molecule has 4 aromatic rings. The minimum Gasteiger partial charge on any atom is -0.494 e. The summed E-state index contributed by atoms with van der Waals surface area (Å²) in [6.45, 7) is 3.43. The number of ether oxygens (including phenoxy) is 3. The van der Waals surface area contributed by atoms with Crippen LogP contribution in [0.3, 0.4) is 0 Å². The van der Waals surface area contributed by atoms with Gasteiger partial charge in [0.2, 0.25) is 6.79 Å². The SMILES string of the molecule is CCOc1ccc2[nH]c(=O)c(CN(Cc3ccc4c(c3)OCO4)C(=S)Nc3cccc(Cl)c3)cc2c1. The molecule has 0 saturated carbocycles. The molecule has 7 nitrogen and oxygen atoms in total. The number of aromatic nitrogens is 1. The van der Waals surface area contributed by atoms with E-state index < -0.39 is 0 Å². The molecule has 9 heteroatoms. The Balaban J connectivity index is 1.46. The topological polar surface area (TPSA) is 75.8 Å². The molecule has 1 aliphatic rings. The van der Waals surface area contributed by atoms with E-state index in [2.05, 4.69) is 10.3 Å². The third kappa shape index (κ3) is 5.40. The van der Waals surface area contributed by atoms with Gasteiger partial charge in [0.25, 0.3) is 5.56 Å². The third-order valence-corrected chi connectivity index (χ3v) is 6.33. The number of nitrogens with zero attached hydrogens (tertiary/aromatic N) is 1. The highest BCUT2D eigenvalue weighted by Crippen LogP contribution is 2.33. The lowest BCUT2D eigenvalue weighted by molar-refractivity contribution is 0.174. The van der Waals surface area contributed by atoms with Gasteiger partial charge in [0.05, 0.1) is 13.2 Å². The molecule has 0 saturated heterocycles. The van der Waals surface area contributed by atoms with Crippen LogP contribution in [0.5, 0.6) is 17.2 Å². The van der Waals surface area contributed by atoms with Crippen molar-refractivity contribution < 1.29 is 14.2 Å². The molecule has 0 bridgehead atoms. The maximum absolute atomic E-state index is 13.0. The first-order chi connectivity index (χ1) is 17.5. The van der Waals surface area contributed by atoms with Crippen molar-refractivity contribution in [3.8, 4) is 17.2 Å². The number of anilines is 1. The van der Waals surface area contributed by atoms with E-state index in [0.717, 1.165) is 27.9 Å². The molecule has 0 radical (unpaired) electrons. The number of hydrogen-bond donors (Lipinski definition) is 2. The van der Waals surface area contributed by atoms with E-state index in [4.69, 9.17) is 38.0 Å². The Hall–Kier alpha value is -3.75. The van der Waals surface area contributed by atoms with E-state index in [9.17, 15) is 4.79 Å². The van der Waals surface area contributed by atoms with Gasteiger partial charge < -0.3 is 29.4 Å². The van der Waals surface area contributed by atoms with Crippen LogP contribution < -0.4 is 25.1 Å². The Labute approximate surface area is 218 Å². The lowest BCUT2D eigenvalue weighted by atomic mass is 10.1. The fourth-order valence-corrected chi connectivity index (χ4v) is 4.47. The van der Waals surface area contributed by atoms with Crippen LogP contribution in [-0.2, 0) is 13.1 Å². The van der Waals surface area contributed by atoms with Crippen molar-refractivity contribution in [3.05, 3.63) is 93.2 Å². The van der Waals surface area contributed by atoms with Crippen molar-refractivity contribution in [1.29, 1.82) is 0 Å². The second kappa shape index (κ2) is 10.5. The van der Waals surface area contributed by atoms with Crippen LogP contribution in [0.25, 0.3) is 10.9 Å². The molecule has 2 heterocycles. The van der Waals surface area contributed by atoms with Crippen LogP contribution in [-0.4, -0.2) is 28.4 Å². The van der Waals surface area contributed by atoms with Crippen LogP contribution in [0.1, 0.15) is 18.1 Å². The Morgan fingerprint density at radius 1 is 1.08 bits per heavy atom. The van der Waals surface area contributed by atoms with E-state index >= 15 is 0 Å². The number of halogens is 1. The van der Waals surface area contributed by atoms with Gasteiger partial charge >= 0.3 is 0 Å². The molecular weight excluding hydrogens is 498 g/mol. The van der Waals surface area contributed by atoms with E-state index in [-0.39, 0.29) is 18.9 Å². The molecule has 0 fully saturated rings. The van der Waals surface area contributed by atoms with Gasteiger partial charge in [0, 0.05) is 33.7 Å². The highest BCUT2D eigenvalue weighted by Gasteiger charge is 2.18. The fraction of sp³-hybridized carbons (Fsp3) is 0.185. The number of thiocarbonyl (C=S) groups is 1. The van der Waals surface area contributed by atoms with E-state index in [1.54, 1.807) is 12.1 Å². The zero-order chi connectivity index (χ0) is 25.1. The van der Waals surface area contributed by atoms with Crippen LogP contribution in [0.15, 0.2) is 71.5 Å². The van der Waals surface area contributed by atoms with Crippen LogP contribution in [0, 0.1) is 0 Å². The lowest BCUT2D eigenvalue weighted by Gasteiger charge is -2.26. The van der Waals surface area contributed by atoms with Crippen molar-refractivity contribution in [3.63, 3.8) is 0 Å². The number of benzene rings is 3. The second-order valence-electron chi connectivity index (χ2n) is 8.29. The molecular formula is C27H24ClN3O4S. The number of rotatable bonds is 7. The molecule has 0 spiro atoms. The smallest absolute Gasteiger partial charge is 0.253 e. The predicted molar refractivity (Wildman–Crippen MR) is 145 cm³/mol. The predicted octanol–water partition coefficient (Wildman–Crippen LogP) is 5.71. The number of hydrogen-bond acceptors (Lipinski definition) is 5. The van der Waals surface area contributed by atoms with Gasteiger partial charge in [-0.05, 0) is 79.3 Å². The maximum Gasteiger partial charge on any atom is 0.253 e. The van der Waals surface area contributed by atoms with Crippen LogP contribution in [0.2, 0.25) is 5.02 Å². The van der Waals surface area contributed by atoms with Gasteiger partial charge in [-0.25, -0.2) is 0 Å². The summed E-state index contributed by atoms with van der Waals surface area (Å²) in [6.07, 6.45) is 0. The third-order valence-electron chi connectivity index (χ3n) is 5.74. The summed E-state index contributed by atoms with van der Waals surface area (Å²) in [5, 5.41) is 5.18. The highest BCUT2D eigenvalue weighted by atomic mass is 35.5. The van der Waals surface area contributed by atoms with Gasteiger partial charge in [-0.15, -0.1) is 0 Å². The molecule has 5 rings (SSSR count). The average Bonchev–Trinajstić information content (AvgIpc) is 3.32. The minimum atomic E-state index is -0.173. The molecule has 1 aliphatic heterocycles. The molecule has 0 atom stereocenters. The zero-order valence-electron chi connectivity index (χ0n) is 19.5. The van der Waals surface area contributed by atoms with Gasteiger partial charge in [-0.1, -0.05) is 23.7 Å². The van der Waals surface area contributed by atoms with E-state index in [1.165, 1.54) is 0 Å². The highest BCUT2D eigenvalue weighted by molar-refractivity contribution is 7.80. The molecule has 2 N–H and O–H groups in total. The first kappa shape index (κ1) is 24.0. The Kier molecular flexibility index (Phi) is 6.97. The van der Waals surface area contributed by atoms with Crippen molar-refractivity contribution in [2.75, 3.05) is 18.7 Å². The van der Waals surface area contributed by atoms with Crippen molar-refractivity contribution in [2.24, 2.45) is 0 Å². The summed E-state index contributed by atoms with van der Waals surface area (Å²) in [6, 6.07) is 20.6. The zero-order valence-corrected chi connectivity index (χ0v) is 21.1. The number of fused-ring (bicyclic) bond motifs is 2. The molecule has 3 aromatic carbocycles. The summed E-state index contributed by atoms with van der Waals surface area (Å²) < 4.78 is 16.6. The van der Waals surface area contributed by atoms with Crippen molar-refractivity contribution in [2.45, 2.75) is 20.0 Å². The molecule has 1 aromatic heterocycles. The van der Waals surface area contributed by atoms with E-state index in [1.807, 2.05) is 66.4 Å². The molecule has 0 unspecified atom stereocenters.